The molecule has 0 bridgehead atoms. The van der Waals surface area contributed by atoms with Crippen LogP contribution in [0.15, 0.2) is 48.5 Å². The summed E-state index contributed by atoms with van der Waals surface area (Å²) in [7, 11) is 3.19. The summed E-state index contributed by atoms with van der Waals surface area (Å²) >= 11 is 0. The molecule has 30 heavy (non-hydrogen) atoms. The van der Waals surface area contributed by atoms with E-state index in [0.29, 0.717) is 37.6 Å². The SMILES string of the molecule is COc1ccc(CCNC(=O)CC2C(=O)NCCN2Cc2ccccc2)cc1OC. The molecule has 2 amide bonds. The Morgan fingerprint density at radius 2 is 1.87 bits per heavy atom. The molecule has 0 radical (unpaired) electrons. The monoisotopic (exact) mass is 411 g/mol. The molecular formula is C23H29N3O4. The number of amides is 2. The number of benzene rings is 2. The molecule has 7 heteroatoms. The molecule has 3 rings (SSSR count). The van der Waals surface area contributed by atoms with E-state index in [-0.39, 0.29) is 18.2 Å². The van der Waals surface area contributed by atoms with Gasteiger partial charge in [0.25, 0.3) is 0 Å². The van der Waals surface area contributed by atoms with Crippen molar-refractivity contribution in [2.75, 3.05) is 33.9 Å². The molecule has 0 aromatic heterocycles. The van der Waals surface area contributed by atoms with Gasteiger partial charge < -0.3 is 20.1 Å². The predicted octanol–water partition coefficient (Wildman–Crippen LogP) is 1.75. The standard InChI is InChI=1S/C23H29N3O4/c1-29-20-9-8-17(14-21(20)30-2)10-11-24-22(27)15-19-23(28)25-12-13-26(19)16-18-6-4-3-5-7-18/h3-9,14,19H,10-13,15-16H2,1-2H3,(H,24,27)(H,25,28). The van der Waals surface area contributed by atoms with Crippen molar-refractivity contribution in [1.82, 2.24) is 15.5 Å². The zero-order valence-corrected chi connectivity index (χ0v) is 17.5. The van der Waals surface area contributed by atoms with Gasteiger partial charge >= 0.3 is 0 Å². The molecule has 160 valence electrons. The van der Waals surface area contributed by atoms with Crippen LogP contribution in [0.2, 0.25) is 0 Å². The number of carbonyl (C=O) groups is 2. The predicted molar refractivity (Wildman–Crippen MR) is 115 cm³/mol. The summed E-state index contributed by atoms with van der Waals surface area (Å²) < 4.78 is 10.6. The van der Waals surface area contributed by atoms with Crippen LogP contribution in [0.1, 0.15) is 17.5 Å². The Morgan fingerprint density at radius 1 is 1.10 bits per heavy atom. The highest BCUT2D eigenvalue weighted by Crippen LogP contribution is 2.27. The summed E-state index contributed by atoms with van der Waals surface area (Å²) in [5.41, 5.74) is 2.17. The minimum atomic E-state index is -0.458. The molecule has 1 unspecified atom stereocenters. The number of hydrogen-bond acceptors (Lipinski definition) is 5. The van der Waals surface area contributed by atoms with Crippen molar-refractivity contribution < 1.29 is 19.1 Å². The molecule has 1 atom stereocenters. The van der Waals surface area contributed by atoms with Crippen LogP contribution in [-0.2, 0) is 22.6 Å². The van der Waals surface area contributed by atoms with Crippen LogP contribution in [0.25, 0.3) is 0 Å². The van der Waals surface area contributed by atoms with Crippen LogP contribution in [0.3, 0.4) is 0 Å². The van der Waals surface area contributed by atoms with E-state index >= 15 is 0 Å². The highest BCUT2D eigenvalue weighted by molar-refractivity contribution is 5.88. The van der Waals surface area contributed by atoms with Crippen molar-refractivity contribution in [3.8, 4) is 11.5 Å². The van der Waals surface area contributed by atoms with Gasteiger partial charge in [0.05, 0.1) is 26.7 Å². The van der Waals surface area contributed by atoms with Crippen LogP contribution >= 0.6 is 0 Å². The van der Waals surface area contributed by atoms with Gasteiger partial charge in [-0.15, -0.1) is 0 Å². The van der Waals surface area contributed by atoms with Gasteiger partial charge in [-0.3, -0.25) is 14.5 Å². The molecule has 1 saturated heterocycles. The lowest BCUT2D eigenvalue weighted by Crippen LogP contribution is -2.56. The number of nitrogens with zero attached hydrogens (tertiary/aromatic N) is 1. The van der Waals surface area contributed by atoms with Crippen molar-refractivity contribution in [3.05, 3.63) is 59.7 Å². The lowest BCUT2D eigenvalue weighted by atomic mass is 10.1. The first-order valence-corrected chi connectivity index (χ1v) is 10.1. The van der Waals surface area contributed by atoms with Gasteiger partial charge in [-0.1, -0.05) is 36.4 Å². The van der Waals surface area contributed by atoms with Gasteiger partial charge in [0.15, 0.2) is 11.5 Å². The minimum absolute atomic E-state index is 0.0905. The first-order chi connectivity index (χ1) is 14.6. The maximum Gasteiger partial charge on any atom is 0.237 e. The number of ether oxygens (including phenoxy) is 2. The van der Waals surface area contributed by atoms with E-state index in [4.69, 9.17) is 9.47 Å². The molecular weight excluding hydrogens is 382 g/mol. The lowest BCUT2D eigenvalue weighted by Gasteiger charge is -2.34. The summed E-state index contributed by atoms with van der Waals surface area (Å²) in [5.74, 6) is 1.12. The summed E-state index contributed by atoms with van der Waals surface area (Å²) in [5, 5.41) is 5.80. The van der Waals surface area contributed by atoms with E-state index in [1.807, 2.05) is 48.5 Å². The number of piperazine rings is 1. The summed E-state index contributed by atoms with van der Waals surface area (Å²) in [6.45, 7) is 2.46. The third-order valence-corrected chi connectivity index (χ3v) is 5.23. The molecule has 1 heterocycles. The van der Waals surface area contributed by atoms with Gasteiger partial charge in [0.2, 0.25) is 11.8 Å². The largest absolute Gasteiger partial charge is 0.493 e. The Labute approximate surface area is 177 Å². The highest BCUT2D eigenvalue weighted by Gasteiger charge is 2.31. The van der Waals surface area contributed by atoms with Crippen LogP contribution in [0.5, 0.6) is 11.5 Å². The zero-order chi connectivity index (χ0) is 21.3. The third-order valence-electron chi connectivity index (χ3n) is 5.23. The highest BCUT2D eigenvalue weighted by atomic mass is 16.5. The van der Waals surface area contributed by atoms with Crippen molar-refractivity contribution in [2.24, 2.45) is 0 Å². The van der Waals surface area contributed by atoms with Gasteiger partial charge in [-0.25, -0.2) is 0 Å². The topological polar surface area (TPSA) is 79.9 Å². The molecule has 1 fully saturated rings. The maximum absolute atomic E-state index is 12.5. The third kappa shape index (κ3) is 5.73. The molecule has 0 saturated carbocycles. The summed E-state index contributed by atoms with van der Waals surface area (Å²) in [6, 6.07) is 15.2. The van der Waals surface area contributed by atoms with Crippen molar-refractivity contribution >= 4 is 11.8 Å². The number of rotatable bonds is 9. The number of nitrogens with one attached hydrogen (secondary N) is 2. The fourth-order valence-corrected chi connectivity index (χ4v) is 3.62. The molecule has 2 aromatic carbocycles. The van der Waals surface area contributed by atoms with Crippen LogP contribution < -0.4 is 20.1 Å². The van der Waals surface area contributed by atoms with Crippen molar-refractivity contribution in [1.29, 1.82) is 0 Å². The quantitative estimate of drug-likeness (QED) is 0.657. The van der Waals surface area contributed by atoms with Gasteiger partial charge in [0, 0.05) is 26.2 Å². The molecule has 7 nitrogen and oxygen atoms in total. The normalized spacial score (nSPS) is 16.6. The smallest absolute Gasteiger partial charge is 0.237 e. The average molecular weight is 412 g/mol. The van der Waals surface area contributed by atoms with Crippen LogP contribution in [0.4, 0.5) is 0 Å². The number of carbonyl (C=O) groups excluding carboxylic acids is 2. The number of methoxy groups -OCH3 is 2. The Balaban J connectivity index is 1.52. The summed E-state index contributed by atoms with van der Waals surface area (Å²) in [6.07, 6.45) is 0.807. The van der Waals surface area contributed by atoms with Crippen molar-refractivity contribution in [2.45, 2.75) is 25.4 Å². The van der Waals surface area contributed by atoms with Gasteiger partial charge in [-0.05, 0) is 29.7 Å². The van der Waals surface area contributed by atoms with Gasteiger partial charge in [0.1, 0.15) is 0 Å². The van der Waals surface area contributed by atoms with Crippen LogP contribution in [-0.4, -0.2) is 56.6 Å². The molecule has 0 aliphatic carbocycles. The van der Waals surface area contributed by atoms with Gasteiger partial charge in [-0.2, -0.15) is 0 Å². The average Bonchev–Trinajstić information content (AvgIpc) is 2.76. The Bertz CT molecular complexity index is 857. The second-order valence-electron chi connectivity index (χ2n) is 7.26. The van der Waals surface area contributed by atoms with Crippen molar-refractivity contribution in [3.63, 3.8) is 0 Å². The van der Waals surface area contributed by atoms with E-state index in [1.165, 1.54) is 0 Å². The summed E-state index contributed by atoms with van der Waals surface area (Å²) in [4.78, 5) is 27.0. The number of hydrogen-bond donors (Lipinski definition) is 2. The fraction of sp³-hybridized carbons (Fsp3) is 0.391. The van der Waals surface area contributed by atoms with E-state index in [0.717, 1.165) is 17.7 Å². The molecule has 2 N–H and O–H groups in total. The molecule has 0 spiro atoms. The first-order valence-electron chi connectivity index (χ1n) is 10.1. The maximum atomic E-state index is 12.5. The molecule has 2 aromatic rings. The second kappa shape index (κ2) is 10.6. The Kier molecular flexibility index (Phi) is 7.68. The molecule has 1 aliphatic rings. The molecule has 1 aliphatic heterocycles. The van der Waals surface area contributed by atoms with E-state index in [2.05, 4.69) is 15.5 Å². The fourth-order valence-electron chi connectivity index (χ4n) is 3.62. The van der Waals surface area contributed by atoms with Crippen LogP contribution in [0, 0.1) is 0 Å². The minimum Gasteiger partial charge on any atom is -0.493 e. The van der Waals surface area contributed by atoms with E-state index < -0.39 is 6.04 Å². The first kappa shape index (κ1) is 21.6. The second-order valence-corrected chi connectivity index (χ2v) is 7.26. The van der Waals surface area contributed by atoms with E-state index in [9.17, 15) is 9.59 Å². The van der Waals surface area contributed by atoms with E-state index in [1.54, 1.807) is 14.2 Å². The Hall–Kier alpha value is -3.06. The lowest BCUT2D eigenvalue weighted by molar-refractivity contribution is -0.134. The zero-order valence-electron chi connectivity index (χ0n) is 17.5. The Morgan fingerprint density at radius 3 is 2.60 bits per heavy atom.